The van der Waals surface area contributed by atoms with Crippen molar-refractivity contribution in [1.29, 1.82) is 0 Å². The Kier molecular flexibility index (Phi) is 8.43. The van der Waals surface area contributed by atoms with Crippen LogP contribution in [0.25, 0.3) is 6.08 Å². The summed E-state index contributed by atoms with van der Waals surface area (Å²) in [6.45, 7) is 3.70. The summed E-state index contributed by atoms with van der Waals surface area (Å²) in [4.78, 5) is 27.2. The highest BCUT2D eigenvalue weighted by Gasteiger charge is 2.23. The average molecular weight is 468 g/mol. The highest BCUT2D eigenvalue weighted by molar-refractivity contribution is 7.80. The first kappa shape index (κ1) is 24.3. The lowest BCUT2D eigenvalue weighted by molar-refractivity contribution is -0.115. The third-order valence-corrected chi connectivity index (χ3v) is 5.75. The molecule has 1 saturated heterocycles. The van der Waals surface area contributed by atoms with Gasteiger partial charge in [-0.3, -0.25) is 14.9 Å². The predicted molar refractivity (Wildman–Crippen MR) is 134 cm³/mol. The number of hydrogen-bond acceptors (Lipinski definition) is 5. The van der Waals surface area contributed by atoms with E-state index in [0.29, 0.717) is 28.7 Å². The van der Waals surface area contributed by atoms with Crippen molar-refractivity contribution < 1.29 is 19.1 Å². The van der Waals surface area contributed by atoms with Crippen LogP contribution in [0.5, 0.6) is 11.5 Å². The van der Waals surface area contributed by atoms with E-state index < -0.39 is 5.91 Å². The normalized spacial score (nSPS) is 14.1. The third-order valence-electron chi connectivity index (χ3n) is 5.55. The zero-order valence-electron chi connectivity index (χ0n) is 19.1. The molecule has 2 aromatic carbocycles. The third kappa shape index (κ3) is 6.55. The molecule has 0 radical (unpaired) electrons. The zero-order valence-corrected chi connectivity index (χ0v) is 19.9. The first-order valence-corrected chi connectivity index (χ1v) is 11.2. The van der Waals surface area contributed by atoms with E-state index in [1.165, 1.54) is 6.08 Å². The monoisotopic (exact) mass is 467 g/mol. The van der Waals surface area contributed by atoms with Gasteiger partial charge in [0, 0.05) is 19.2 Å². The summed E-state index contributed by atoms with van der Waals surface area (Å²) in [6, 6.07) is 12.5. The van der Waals surface area contributed by atoms with E-state index in [9.17, 15) is 9.59 Å². The fourth-order valence-corrected chi connectivity index (χ4v) is 3.81. The van der Waals surface area contributed by atoms with Crippen LogP contribution in [0, 0.1) is 5.92 Å². The van der Waals surface area contributed by atoms with Gasteiger partial charge < -0.3 is 19.7 Å². The maximum Gasteiger partial charge on any atom is 0.255 e. The molecule has 33 heavy (non-hydrogen) atoms. The number of likely N-dealkylation sites (tertiary alicyclic amines) is 1. The number of rotatable bonds is 6. The number of anilines is 1. The maximum absolute atomic E-state index is 13.0. The van der Waals surface area contributed by atoms with Gasteiger partial charge in [0.25, 0.3) is 5.91 Å². The second-order valence-electron chi connectivity index (χ2n) is 7.91. The van der Waals surface area contributed by atoms with Crippen LogP contribution < -0.4 is 20.1 Å². The second kappa shape index (κ2) is 11.5. The van der Waals surface area contributed by atoms with E-state index in [2.05, 4.69) is 17.6 Å². The number of carbonyl (C=O) groups is 2. The number of nitrogens with one attached hydrogen (secondary N) is 2. The number of carbonyl (C=O) groups excluding carboxylic acids is 2. The molecular formula is C25H29N3O4S. The molecule has 0 saturated carbocycles. The molecule has 8 heteroatoms. The van der Waals surface area contributed by atoms with Gasteiger partial charge in [-0.2, -0.15) is 0 Å². The van der Waals surface area contributed by atoms with E-state index in [4.69, 9.17) is 21.7 Å². The van der Waals surface area contributed by atoms with Gasteiger partial charge in [0.1, 0.15) is 0 Å². The van der Waals surface area contributed by atoms with Gasteiger partial charge in [0.15, 0.2) is 16.6 Å². The van der Waals surface area contributed by atoms with E-state index in [1.54, 1.807) is 44.6 Å². The minimum atomic E-state index is -0.392. The van der Waals surface area contributed by atoms with Crippen LogP contribution in [0.15, 0.2) is 48.5 Å². The van der Waals surface area contributed by atoms with Crippen molar-refractivity contribution >= 4 is 40.9 Å². The summed E-state index contributed by atoms with van der Waals surface area (Å²) in [5, 5.41) is 5.71. The van der Waals surface area contributed by atoms with Crippen molar-refractivity contribution in [2.24, 2.45) is 5.92 Å². The summed E-state index contributed by atoms with van der Waals surface area (Å²) in [7, 11) is 3.12. The van der Waals surface area contributed by atoms with E-state index in [0.717, 1.165) is 31.5 Å². The van der Waals surface area contributed by atoms with Crippen molar-refractivity contribution in [3.05, 3.63) is 59.7 Å². The lowest BCUT2D eigenvalue weighted by Crippen LogP contribution is -2.39. The molecule has 1 aliphatic heterocycles. The first-order chi connectivity index (χ1) is 15.9. The lowest BCUT2D eigenvalue weighted by atomic mass is 9.98. The Morgan fingerprint density at radius 3 is 2.45 bits per heavy atom. The van der Waals surface area contributed by atoms with Gasteiger partial charge in [0.05, 0.1) is 25.5 Å². The van der Waals surface area contributed by atoms with Crippen molar-refractivity contribution in [3.63, 3.8) is 0 Å². The second-order valence-corrected chi connectivity index (χ2v) is 8.32. The Labute approximate surface area is 199 Å². The smallest absolute Gasteiger partial charge is 0.255 e. The highest BCUT2D eigenvalue weighted by Crippen LogP contribution is 2.28. The minimum absolute atomic E-state index is 0.0347. The fraction of sp³-hybridized carbons (Fsp3) is 0.320. The summed E-state index contributed by atoms with van der Waals surface area (Å²) < 4.78 is 10.5. The van der Waals surface area contributed by atoms with Gasteiger partial charge in [-0.15, -0.1) is 0 Å². The van der Waals surface area contributed by atoms with E-state index in [-0.39, 0.29) is 11.0 Å². The summed E-state index contributed by atoms with van der Waals surface area (Å²) in [5.74, 6) is 1.39. The Morgan fingerprint density at radius 2 is 1.76 bits per heavy atom. The van der Waals surface area contributed by atoms with Gasteiger partial charge in [0.2, 0.25) is 5.91 Å². The van der Waals surface area contributed by atoms with E-state index in [1.807, 2.05) is 23.1 Å². The van der Waals surface area contributed by atoms with Crippen molar-refractivity contribution in [2.45, 2.75) is 19.8 Å². The molecule has 1 heterocycles. The minimum Gasteiger partial charge on any atom is -0.493 e. The zero-order chi connectivity index (χ0) is 23.8. The molecule has 1 fully saturated rings. The number of piperidine rings is 1. The van der Waals surface area contributed by atoms with Gasteiger partial charge in [-0.05, 0) is 66.9 Å². The SMILES string of the molecule is COc1ccc(/C=C/C(=O)NC(=S)Nc2ccccc2C(=O)N2CCC(C)CC2)cc1OC. The molecule has 2 amide bonds. The Hall–Kier alpha value is -3.39. The maximum atomic E-state index is 13.0. The number of nitrogens with zero attached hydrogens (tertiary/aromatic N) is 1. The molecule has 0 bridgehead atoms. The van der Waals surface area contributed by atoms with Crippen LogP contribution in [0.2, 0.25) is 0 Å². The number of amides is 2. The summed E-state index contributed by atoms with van der Waals surface area (Å²) >= 11 is 5.30. The van der Waals surface area contributed by atoms with Gasteiger partial charge >= 0.3 is 0 Å². The Balaban J connectivity index is 1.61. The van der Waals surface area contributed by atoms with Gasteiger partial charge in [-0.25, -0.2) is 0 Å². The van der Waals surface area contributed by atoms with Crippen LogP contribution in [-0.2, 0) is 4.79 Å². The molecule has 2 aromatic rings. The lowest BCUT2D eigenvalue weighted by Gasteiger charge is -2.30. The van der Waals surface area contributed by atoms with Crippen molar-refractivity contribution in [2.75, 3.05) is 32.6 Å². The van der Waals surface area contributed by atoms with Crippen LogP contribution in [0.3, 0.4) is 0 Å². The molecule has 1 aliphatic rings. The number of ether oxygens (including phenoxy) is 2. The number of hydrogen-bond donors (Lipinski definition) is 2. The van der Waals surface area contributed by atoms with Crippen LogP contribution in [0.1, 0.15) is 35.7 Å². The number of para-hydroxylation sites is 1. The average Bonchev–Trinajstić information content (AvgIpc) is 2.82. The molecule has 3 rings (SSSR count). The van der Waals surface area contributed by atoms with Crippen LogP contribution >= 0.6 is 12.2 Å². The van der Waals surface area contributed by atoms with Crippen LogP contribution in [0.4, 0.5) is 5.69 Å². The van der Waals surface area contributed by atoms with E-state index >= 15 is 0 Å². The number of methoxy groups -OCH3 is 2. The highest BCUT2D eigenvalue weighted by atomic mass is 32.1. The Bertz CT molecular complexity index is 1050. The molecule has 0 atom stereocenters. The summed E-state index contributed by atoms with van der Waals surface area (Å²) in [6.07, 6.45) is 5.03. The molecule has 0 spiro atoms. The largest absolute Gasteiger partial charge is 0.493 e. The fourth-order valence-electron chi connectivity index (χ4n) is 3.60. The topological polar surface area (TPSA) is 79.9 Å². The van der Waals surface area contributed by atoms with Crippen molar-refractivity contribution in [1.82, 2.24) is 10.2 Å². The molecule has 7 nitrogen and oxygen atoms in total. The standard InChI is InChI=1S/C25H29N3O4S/c1-17-12-14-28(15-13-17)24(30)19-6-4-5-7-20(19)26-25(33)27-23(29)11-9-18-8-10-21(31-2)22(16-18)32-3/h4-11,16-17H,12-15H2,1-3H3,(H2,26,27,29,33)/b11-9+. The first-order valence-electron chi connectivity index (χ1n) is 10.8. The molecule has 0 aromatic heterocycles. The molecule has 0 unspecified atom stereocenters. The van der Waals surface area contributed by atoms with Crippen molar-refractivity contribution in [3.8, 4) is 11.5 Å². The molecule has 174 valence electrons. The summed E-state index contributed by atoms with van der Waals surface area (Å²) in [5.41, 5.74) is 1.87. The number of thiocarbonyl (C=S) groups is 1. The molecular weight excluding hydrogens is 438 g/mol. The molecule has 2 N–H and O–H groups in total. The Morgan fingerprint density at radius 1 is 1.06 bits per heavy atom. The number of benzene rings is 2. The quantitative estimate of drug-likeness (QED) is 0.492. The van der Waals surface area contributed by atoms with Crippen LogP contribution in [-0.4, -0.2) is 49.1 Å². The van der Waals surface area contributed by atoms with Gasteiger partial charge in [-0.1, -0.05) is 25.1 Å². The predicted octanol–water partition coefficient (Wildman–Crippen LogP) is 4.10. The molecule has 0 aliphatic carbocycles.